The first-order valence-corrected chi connectivity index (χ1v) is 8.13. The lowest BCUT2D eigenvalue weighted by molar-refractivity contribution is 0.593. The molecule has 8 heteroatoms. The maximum atomic E-state index is 12.0. The Morgan fingerprint density at radius 3 is 2.72 bits per heavy atom. The van der Waals surface area contributed by atoms with Crippen molar-refractivity contribution < 1.29 is 8.42 Å². The molecule has 0 bridgehead atoms. The normalized spacial score (nSPS) is 11.9. The molecule has 2 rings (SSSR count). The molecular weight excluding hydrogens is 272 g/mol. The fourth-order valence-electron chi connectivity index (χ4n) is 1.49. The molecule has 2 aromatic rings. The van der Waals surface area contributed by atoms with Crippen LogP contribution in [-0.4, -0.2) is 28.4 Å². The maximum absolute atomic E-state index is 12.0. The van der Waals surface area contributed by atoms with Crippen molar-refractivity contribution in [1.82, 2.24) is 20.0 Å². The van der Waals surface area contributed by atoms with Gasteiger partial charge in [0.05, 0.1) is 11.4 Å². The van der Waals surface area contributed by atoms with Crippen LogP contribution in [0.4, 0.5) is 0 Å². The second-order valence-electron chi connectivity index (χ2n) is 3.96. The largest absolute Gasteiger partial charge is 0.253 e. The molecule has 0 spiro atoms. The highest BCUT2D eigenvalue weighted by Crippen LogP contribution is 2.16. The van der Waals surface area contributed by atoms with Crippen LogP contribution in [0.25, 0.3) is 0 Å². The molecule has 2 aromatic heterocycles. The summed E-state index contributed by atoms with van der Waals surface area (Å²) in [6, 6.07) is 0. The molecule has 0 saturated heterocycles. The lowest BCUT2D eigenvalue weighted by Gasteiger charge is -1.98. The summed E-state index contributed by atoms with van der Waals surface area (Å²) >= 11 is 1.40. The zero-order chi connectivity index (χ0) is 13.2. The van der Waals surface area contributed by atoms with E-state index in [1.165, 1.54) is 11.3 Å². The number of hydrogen-bond donors (Lipinski definition) is 0. The number of hydrogen-bond acceptors (Lipinski definition) is 6. The van der Waals surface area contributed by atoms with Crippen LogP contribution in [0.15, 0.2) is 12.4 Å². The van der Waals surface area contributed by atoms with Gasteiger partial charge in [-0.2, -0.15) is 0 Å². The topological polar surface area (TPSA) is 77.7 Å². The van der Waals surface area contributed by atoms with Gasteiger partial charge in [-0.25, -0.2) is 13.4 Å². The lowest BCUT2D eigenvalue weighted by atomic mass is 10.5. The van der Waals surface area contributed by atoms with Gasteiger partial charge in [0.2, 0.25) is 0 Å². The summed E-state index contributed by atoms with van der Waals surface area (Å²) < 4.78 is 25.5. The lowest BCUT2D eigenvalue weighted by Crippen LogP contribution is -2.07. The van der Waals surface area contributed by atoms with E-state index in [4.69, 9.17) is 0 Å². The van der Waals surface area contributed by atoms with Crippen molar-refractivity contribution in [3.8, 4) is 0 Å². The minimum absolute atomic E-state index is 0.0372. The standard InChI is InChI=1S/C10H14N4O2S2/c1-3-14-5-9(12-13-14)6-18(15,16)7-10-11-4-8(2)17-10/h4-5H,3,6-7H2,1-2H3. The molecule has 2 heterocycles. The van der Waals surface area contributed by atoms with Crippen molar-refractivity contribution in [2.45, 2.75) is 31.9 Å². The van der Waals surface area contributed by atoms with Gasteiger partial charge in [0.1, 0.15) is 10.8 Å². The smallest absolute Gasteiger partial charge is 0.162 e. The molecule has 0 radical (unpaired) electrons. The van der Waals surface area contributed by atoms with Gasteiger partial charge in [-0.3, -0.25) is 4.68 Å². The van der Waals surface area contributed by atoms with Crippen molar-refractivity contribution >= 4 is 21.2 Å². The molecule has 0 aliphatic carbocycles. The predicted molar refractivity (Wildman–Crippen MR) is 68.9 cm³/mol. The summed E-state index contributed by atoms with van der Waals surface area (Å²) in [5.74, 6) is -0.129. The second kappa shape index (κ2) is 5.15. The Bertz CT molecular complexity index is 630. The van der Waals surface area contributed by atoms with Crippen LogP contribution < -0.4 is 0 Å². The van der Waals surface area contributed by atoms with E-state index >= 15 is 0 Å². The van der Waals surface area contributed by atoms with E-state index in [1.54, 1.807) is 17.1 Å². The summed E-state index contributed by atoms with van der Waals surface area (Å²) in [6.07, 6.45) is 3.34. The number of rotatable bonds is 5. The van der Waals surface area contributed by atoms with Gasteiger partial charge in [-0.1, -0.05) is 5.21 Å². The van der Waals surface area contributed by atoms with Crippen molar-refractivity contribution in [2.75, 3.05) is 0 Å². The van der Waals surface area contributed by atoms with Crippen LogP contribution >= 0.6 is 11.3 Å². The fraction of sp³-hybridized carbons (Fsp3) is 0.500. The zero-order valence-corrected chi connectivity index (χ0v) is 11.8. The van der Waals surface area contributed by atoms with Crippen LogP contribution in [0.1, 0.15) is 22.5 Å². The zero-order valence-electron chi connectivity index (χ0n) is 10.2. The Labute approximate surface area is 110 Å². The van der Waals surface area contributed by atoms with E-state index in [2.05, 4.69) is 15.3 Å². The Balaban J connectivity index is 2.07. The van der Waals surface area contributed by atoms with E-state index in [0.717, 1.165) is 4.88 Å². The van der Waals surface area contributed by atoms with Gasteiger partial charge in [0.25, 0.3) is 0 Å². The molecule has 0 fully saturated rings. The van der Waals surface area contributed by atoms with Crippen LogP contribution in [0.5, 0.6) is 0 Å². The Kier molecular flexibility index (Phi) is 3.76. The molecule has 18 heavy (non-hydrogen) atoms. The highest BCUT2D eigenvalue weighted by molar-refractivity contribution is 7.89. The fourth-order valence-corrected chi connectivity index (χ4v) is 3.98. The first-order chi connectivity index (χ1) is 8.48. The minimum atomic E-state index is -3.24. The molecule has 98 valence electrons. The third-order valence-corrected chi connectivity index (χ3v) is 4.83. The first-order valence-electron chi connectivity index (χ1n) is 5.49. The molecule has 0 atom stereocenters. The highest BCUT2D eigenvalue weighted by atomic mass is 32.2. The summed E-state index contributed by atoms with van der Waals surface area (Å²) in [5.41, 5.74) is 0.477. The molecule has 0 aromatic carbocycles. The summed E-state index contributed by atoms with van der Waals surface area (Å²) in [7, 11) is -3.24. The molecule has 0 aliphatic rings. The van der Waals surface area contributed by atoms with Crippen molar-refractivity contribution in [1.29, 1.82) is 0 Å². The van der Waals surface area contributed by atoms with Crippen LogP contribution in [0, 0.1) is 6.92 Å². The van der Waals surface area contributed by atoms with Crippen LogP contribution in [0.3, 0.4) is 0 Å². The van der Waals surface area contributed by atoms with Crippen LogP contribution in [0.2, 0.25) is 0 Å². The van der Waals surface area contributed by atoms with Gasteiger partial charge in [0.15, 0.2) is 9.84 Å². The van der Waals surface area contributed by atoms with Gasteiger partial charge in [-0.15, -0.1) is 16.4 Å². The summed E-state index contributed by atoms with van der Waals surface area (Å²) in [4.78, 5) is 5.07. The van der Waals surface area contributed by atoms with E-state index in [-0.39, 0.29) is 11.5 Å². The van der Waals surface area contributed by atoms with E-state index in [1.807, 2.05) is 13.8 Å². The Hall–Kier alpha value is -1.28. The van der Waals surface area contributed by atoms with E-state index in [0.29, 0.717) is 17.2 Å². The molecular formula is C10H14N4O2S2. The molecule has 0 aliphatic heterocycles. The average Bonchev–Trinajstić information content (AvgIpc) is 2.86. The molecule has 0 N–H and O–H groups in total. The third-order valence-electron chi connectivity index (χ3n) is 2.29. The minimum Gasteiger partial charge on any atom is -0.253 e. The highest BCUT2D eigenvalue weighted by Gasteiger charge is 2.17. The number of nitrogens with zero attached hydrogens (tertiary/aromatic N) is 4. The van der Waals surface area contributed by atoms with Crippen LogP contribution in [-0.2, 0) is 27.9 Å². The Morgan fingerprint density at radius 2 is 2.17 bits per heavy atom. The number of sulfone groups is 1. The number of aromatic nitrogens is 4. The first kappa shape index (κ1) is 13.2. The predicted octanol–water partition coefficient (Wildman–Crippen LogP) is 1.18. The summed E-state index contributed by atoms with van der Waals surface area (Å²) in [6.45, 7) is 4.50. The van der Waals surface area contributed by atoms with E-state index < -0.39 is 9.84 Å². The van der Waals surface area contributed by atoms with Gasteiger partial charge in [-0.05, 0) is 13.8 Å². The monoisotopic (exact) mass is 286 g/mol. The van der Waals surface area contributed by atoms with Gasteiger partial charge < -0.3 is 0 Å². The summed E-state index contributed by atoms with van der Waals surface area (Å²) in [5, 5.41) is 8.28. The quantitative estimate of drug-likeness (QED) is 0.824. The Morgan fingerprint density at radius 1 is 1.39 bits per heavy atom. The molecule has 6 nitrogen and oxygen atoms in total. The average molecular weight is 286 g/mol. The van der Waals surface area contributed by atoms with Gasteiger partial charge >= 0.3 is 0 Å². The SMILES string of the molecule is CCn1cc(CS(=O)(=O)Cc2ncc(C)s2)nn1. The van der Waals surface area contributed by atoms with Gasteiger partial charge in [0, 0.05) is 23.8 Å². The molecule has 0 unspecified atom stereocenters. The van der Waals surface area contributed by atoms with Crippen molar-refractivity contribution in [3.63, 3.8) is 0 Å². The maximum Gasteiger partial charge on any atom is 0.162 e. The second-order valence-corrected chi connectivity index (χ2v) is 7.35. The molecule has 0 saturated carbocycles. The van der Waals surface area contributed by atoms with Crippen molar-refractivity contribution in [3.05, 3.63) is 28.0 Å². The third kappa shape index (κ3) is 3.36. The number of aryl methyl sites for hydroxylation is 2. The number of thiazole rings is 1. The molecule has 0 amide bonds. The van der Waals surface area contributed by atoms with Crippen molar-refractivity contribution in [2.24, 2.45) is 0 Å². The van der Waals surface area contributed by atoms with E-state index in [9.17, 15) is 8.42 Å².